The second-order valence-electron chi connectivity index (χ2n) is 4.82. The molecule has 5 heteroatoms. The Kier molecular flexibility index (Phi) is 5.09. The predicted molar refractivity (Wildman–Crippen MR) is 76.9 cm³/mol. The Morgan fingerprint density at radius 1 is 1.56 bits per heavy atom. The van der Waals surface area contributed by atoms with Crippen molar-refractivity contribution in [1.82, 2.24) is 5.32 Å². The van der Waals surface area contributed by atoms with Crippen LogP contribution in [0.2, 0.25) is 0 Å². The Labute approximate surface area is 116 Å². The van der Waals surface area contributed by atoms with Crippen LogP contribution < -0.4 is 5.32 Å². The van der Waals surface area contributed by atoms with E-state index in [4.69, 9.17) is 5.11 Å². The summed E-state index contributed by atoms with van der Waals surface area (Å²) in [6, 6.07) is 4.13. The lowest BCUT2D eigenvalue weighted by Gasteiger charge is -2.14. The molecule has 0 saturated heterocycles. The van der Waals surface area contributed by atoms with Crippen molar-refractivity contribution in [2.24, 2.45) is 5.41 Å². The second-order valence-corrected chi connectivity index (χ2v) is 6.84. The molecule has 2 rings (SSSR count). The van der Waals surface area contributed by atoms with Gasteiger partial charge < -0.3 is 10.4 Å². The molecule has 1 aromatic rings. The Balaban J connectivity index is 1.58. The summed E-state index contributed by atoms with van der Waals surface area (Å²) in [5, 5.41) is 14.0. The summed E-state index contributed by atoms with van der Waals surface area (Å²) in [5.74, 6) is 1.54. The molecule has 1 heterocycles. The molecule has 0 unspecified atom stereocenters. The fourth-order valence-electron chi connectivity index (χ4n) is 1.91. The fourth-order valence-corrected chi connectivity index (χ4v) is 3.60. The number of thioether (sulfide) groups is 1. The highest BCUT2D eigenvalue weighted by atomic mass is 32.2. The number of rotatable bonds is 8. The highest BCUT2D eigenvalue weighted by molar-refractivity contribution is 7.99. The number of nitrogens with one attached hydrogen (secondary N) is 1. The zero-order valence-corrected chi connectivity index (χ0v) is 12.0. The van der Waals surface area contributed by atoms with Crippen LogP contribution in [0, 0.1) is 5.41 Å². The van der Waals surface area contributed by atoms with Gasteiger partial charge in [0.2, 0.25) is 5.91 Å². The number of aliphatic hydroxyl groups excluding tert-OH is 1. The van der Waals surface area contributed by atoms with Crippen molar-refractivity contribution in [3.05, 3.63) is 22.4 Å². The first-order chi connectivity index (χ1) is 8.74. The van der Waals surface area contributed by atoms with Gasteiger partial charge in [-0.2, -0.15) is 0 Å². The average molecular weight is 285 g/mol. The fraction of sp³-hybridized carbons (Fsp3) is 0.615. The lowest BCUT2D eigenvalue weighted by atomic mass is 10.0. The number of aliphatic hydroxyl groups is 1. The van der Waals surface area contributed by atoms with E-state index in [2.05, 4.69) is 16.8 Å². The van der Waals surface area contributed by atoms with E-state index >= 15 is 0 Å². The molecule has 1 saturated carbocycles. The van der Waals surface area contributed by atoms with Gasteiger partial charge in [-0.05, 0) is 36.1 Å². The van der Waals surface area contributed by atoms with Gasteiger partial charge in [0, 0.05) is 23.8 Å². The molecule has 0 aromatic carbocycles. The van der Waals surface area contributed by atoms with E-state index in [1.807, 2.05) is 6.07 Å². The van der Waals surface area contributed by atoms with Gasteiger partial charge in [0.1, 0.15) is 0 Å². The molecule has 0 spiro atoms. The molecule has 18 heavy (non-hydrogen) atoms. The number of amides is 1. The van der Waals surface area contributed by atoms with Crippen molar-refractivity contribution < 1.29 is 9.90 Å². The van der Waals surface area contributed by atoms with Crippen LogP contribution in [0.15, 0.2) is 17.5 Å². The Morgan fingerprint density at radius 3 is 3.00 bits per heavy atom. The van der Waals surface area contributed by atoms with E-state index in [0.29, 0.717) is 5.75 Å². The summed E-state index contributed by atoms with van der Waals surface area (Å²) in [7, 11) is 0. The number of thiophene rings is 1. The third kappa shape index (κ3) is 4.30. The molecule has 0 atom stereocenters. The average Bonchev–Trinajstić information content (AvgIpc) is 2.92. The second kappa shape index (κ2) is 6.59. The maximum absolute atomic E-state index is 11.7. The molecule has 1 aliphatic carbocycles. The predicted octanol–water partition coefficient (Wildman–Crippen LogP) is 2.26. The van der Waals surface area contributed by atoms with Crippen LogP contribution in [0.4, 0.5) is 0 Å². The van der Waals surface area contributed by atoms with E-state index in [9.17, 15) is 4.79 Å². The van der Waals surface area contributed by atoms with Gasteiger partial charge in [-0.3, -0.25) is 4.79 Å². The van der Waals surface area contributed by atoms with Crippen molar-refractivity contribution in [2.75, 3.05) is 18.9 Å². The summed E-state index contributed by atoms with van der Waals surface area (Å²) >= 11 is 3.38. The van der Waals surface area contributed by atoms with E-state index < -0.39 is 0 Å². The van der Waals surface area contributed by atoms with Crippen molar-refractivity contribution >= 4 is 29.0 Å². The van der Waals surface area contributed by atoms with E-state index in [-0.39, 0.29) is 17.9 Å². The minimum absolute atomic E-state index is 0.112. The van der Waals surface area contributed by atoms with Gasteiger partial charge in [-0.25, -0.2) is 0 Å². The summed E-state index contributed by atoms with van der Waals surface area (Å²) in [5.41, 5.74) is 0.211. The van der Waals surface area contributed by atoms with Crippen LogP contribution in [-0.4, -0.2) is 29.9 Å². The molecular formula is C13H19NO2S2. The summed E-state index contributed by atoms with van der Waals surface area (Å²) < 4.78 is 0. The van der Waals surface area contributed by atoms with E-state index in [1.54, 1.807) is 23.1 Å². The molecule has 0 aliphatic heterocycles. The van der Waals surface area contributed by atoms with Crippen LogP contribution in [-0.2, 0) is 10.5 Å². The van der Waals surface area contributed by atoms with Crippen molar-refractivity contribution in [2.45, 2.75) is 25.0 Å². The molecule has 3 nitrogen and oxygen atoms in total. The zero-order chi connectivity index (χ0) is 12.8. The molecule has 1 aromatic heterocycles. The Hall–Kier alpha value is -0.520. The highest BCUT2D eigenvalue weighted by Crippen LogP contribution is 2.47. The monoisotopic (exact) mass is 285 g/mol. The molecule has 1 aliphatic rings. The molecule has 1 fully saturated rings. The van der Waals surface area contributed by atoms with Gasteiger partial charge in [-0.15, -0.1) is 23.1 Å². The first-order valence-electron chi connectivity index (χ1n) is 6.22. The van der Waals surface area contributed by atoms with Crippen LogP contribution in [0.3, 0.4) is 0 Å². The summed E-state index contributed by atoms with van der Waals surface area (Å²) in [6.45, 7) is 0.953. The smallest absolute Gasteiger partial charge is 0.230 e. The maximum Gasteiger partial charge on any atom is 0.230 e. The third-order valence-electron chi connectivity index (χ3n) is 3.32. The van der Waals surface area contributed by atoms with Gasteiger partial charge >= 0.3 is 0 Å². The molecule has 0 bridgehead atoms. The van der Waals surface area contributed by atoms with Crippen molar-refractivity contribution in [1.29, 1.82) is 0 Å². The van der Waals surface area contributed by atoms with Gasteiger partial charge in [0.15, 0.2) is 0 Å². The minimum atomic E-state index is 0.112. The molecule has 1 amide bonds. The standard InChI is InChI=1S/C13H19NO2S2/c15-6-5-13(3-4-13)10-14-12(16)9-17-8-11-2-1-7-18-11/h1-2,7,15H,3-6,8-10H2,(H,14,16). The Morgan fingerprint density at radius 2 is 2.39 bits per heavy atom. The summed E-state index contributed by atoms with van der Waals surface area (Å²) in [4.78, 5) is 13.0. The summed E-state index contributed by atoms with van der Waals surface area (Å²) in [6.07, 6.45) is 3.09. The van der Waals surface area contributed by atoms with Gasteiger partial charge in [0.25, 0.3) is 0 Å². The van der Waals surface area contributed by atoms with Crippen molar-refractivity contribution in [3.63, 3.8) is 0 Å². The first-order valence-corrected chi connectivity index (χ1v) is 8.25. The minimum Gasteiger partial charge on any atom is -0.396 e. The van der Waals surface area contributed by atoms with Crippen LogP contribution in [0.1, 0.15) is 24.1 Å². The normalized spacial score (nSPS) is 16.5. The molecule has 2 N–H and O–H groups in total. The van der Waals surface area contributed by atoms with E-state index in [1.165, 1.54) is 4.88 Å². The lowest BCUT2D eigenvalue weighted by Crippen LogP contribution is -2.31. The molecule has 0 radical (unpaired) electrons. The first kappa shape index (κ1) is 13.9. The third-order valence-corrected chi connectivity index (χ3v) is 5.36. The largest absolute Gasteiger partial charge is 0.396 e. The topological polar surface area (TPSA) is 49.3 Å². The van der Waals surface area contributed by atoms with Crippen LogP contribution in [0.25, 0.3) is 0 Å². The number of hydrogen-bond donors (Lipinski definition) is 2. The van der Waals surface area contributed by atoms with Crippen LogP contribution >= 0.6 is 23.1 Å². The van der Waals surface area contributed by atoms with Crippen LogP contribution in [0.5, 0.6) is 0 Å². The SMILES string of the molecule is O=C(CSCc1cccs1)NCC1(CCO)CC1. The Bertz CT molecular complexity index is 374. The lowest BCUT2D eigenvalue weighted by molar-refractivity contribution is -0.118. The van der Waals surface area contributed by atoms with Gasteiger partial charge in [-0.1, -0.05) is 6.07 Å². The molecule has 100 valence electrons. The van der Waals surface area contributed by atoms with E-state index in [0.717, 1.165) is 31.6 Å². The number of carbonyl (C=O) groups is 1. The highest BCUT2D eigenvalue weighted by Gasteiger charge is 2.41. The number of hydrogen-bond acceptors (Lipinski definition) is 4. The number of carbonyl (C=O) groups excluding carboxylic acids is 1. The quantitative estimate of drug-likeness (QED) is 0.770. The maximum atomic E-state index is 11.7. The van der Waals surface area contributed by atoms with Crippen molar-refractivity contribution in [3.8, 4) is 0 Å². The zero-order valence-electron chi connectivity index (χ0n) is 10.4. The van der Waals surface area contributed by atoms with Gasteiger partial charge in [0.05, 0.1) is 5.75 Å². The molecular weight excluding hydrogens is 266 g/mol.